The molecule has 2 aromatic rings. The van der Waals surface area contributed by atoms with E-state index in [1.165, 1.54) is 30.2 Å². The van der Waals surface area contributed by atoms with Gasteiger partial charge in [0.2, 0.25) is 5.91 Å². The third-order valence-corrected chi connectivity index (χ3v) is 4.24. The SMILES string of the molecule is COc1ccc(N(C)C(=O)CNC(=S)Nc2ccc(F)c(Cl)c2)cc1OC. The molecular weight excluding hydrogens is 393 g/mol. The quantitative estimate of drug-likeness (QED) is 0.710. The second-order valence-corrected chi connectivity index (χ2v) is 6.24. The van der Waals surface area contributed by atoms with E-state index >= 15 is 0 Å². The smallest absolute Gasteiger partial charge is 0.246 e. The maximum absolute atomic E-state index is 13.2. The lowest BCUT2D eigenvalue weighted by Gasteiger charge is -2.20. The summed E-state index contributed by atoms with van der Waals surface area (Å²) >= 11 is 10.9. The lowest BCUT2D eigenvalue weighted by molar-refractivity contribution is -0.117. The molecule has 0 bridgehead atoms. The van der Waals surface area contributed by atoms with Crippen LogP contribution in [-0.2, 0) is 4.79 Å². The maximum Gasteiger partial charge on any atom is 0.246 e. The van der Waals surface area contributed by atoms with Crippen LogP contribution in [0, 0.1) is 5.82 Å². The lowest BCUT2D eigenvalue weighted by Crippen LogP contribution is -2.39. The van der Waals surface area contributed by atoms with Crippen molar-refractivity contribution in [3.8, 4) is 11.5 Å². The Morgan fingerprint density at radius 2 is 1.89 bits per heavy atom. The predicted octanol–water partition coefficient (Wildman–Crippen LogP) is 3.45. The first kappa shape index (κ1) is 20.7. The highest BCUT2D eigenvalue weighted by Crippen LogP contribution is 2.31. The highest BCUT2D eigenvalue weighted by atomic mass is 35.5. The van der Waals surface area contributed by atoms with Gasteiger partial charge < -0.3 is 25.0 Å². The van der Waals surface area contributed by atoms with Crippen molar-refractivity contribution in [3.05, 3.63) is 47.2 Å². The Morgan fingerprint density at radius 3 is 2.52 bits per heavy atom. The Labute approximate surface area is 167 Å². The number of carbonyl (C=O) groups is 1. The van der Waals surface area contributed by atoms with Crippen LogP contribution in [0.4, 0.5) is 15.8 Å². The van der Waals surface area contributed by atoms with E-state index in [2.05, 4.69) is 10.6 Å². The zero-order valence-electron chi connectivity index (χ0n) is 15.0. The number of hydrogen-bond donors (Lipinski definition) is 2. The molecule has 2 aromatic carbocycles. The molecule has 0 atom stereocenters. The molecule has 0 spiro atoms. The molecule has 0 aliphatic carbocycles. The zero-order valence-corrected chi connectivity index (χ0v) is 16.6. The van der Waals surface area contributed by atoms with Gasteiger partial charge in [0, 0.05) is 24.5 Å². The average Bonchev–Trinajstić information content (AvgIpc) is 2.67. The molecule has 144 valence electrons. The van der Waals surface area contributed by atoms with E-state index in [9.17, 15) is 9.18 Å². The number of anilines is 2. The Hall–Kier alpha value is -2.58. The van der Waals surface area contributed by atoms with Gasteiger partial charge in [0.15, 0.2) is 16.6 Å². The molecule has 0 radical (unpaired) electrons. The number of nitrogens with one attached hydrogen (secondary N) is 2. The number of halogens is 2. The Morgan fingerprint density at radius 1 is 1.19 bits per heavy atom. The van der Waals surface area contributed by atoms with Crippen molar-refractivity contribution in [3.63, 3.8) is 0 Å². The monoisotopic (exact) mass is 411 g/mol. The van der Waals surface area contributed by atoms with Crippen LogP contribution in [0.25, 0.3) is 0 Å². The second-order valence-electron chi connectivity index (χ2n) is 5.43. The number of benzene rings is 2. The van der Waals surface area contributed by atoms with Gasteiger partial charge in [0.25, 0.3) is 0 Å². The molecule has 1 amide bonds. The summed E-state index contributed by atoms with van der Waals surface area (Å²) in [7, 11) is 4.71. The fourth-order valence-electron chi connectivity index (χ4n) is 2.20. The largest absolute Gasteiger partial charge is 0.493 e. The van der Waals surface area contributed by atoms with Gasteiger partial charge in [-0.1, -0.05) is 11.6 Å². The van der Waals surface area contributed by atoms with Crippen LogP contribution in [0.5, 0.6) is 11.5 Å². The zero-order chi connectivity index (χ0) is 20.0. The number of rotatable bonds is 6. The minimum Gasteiger partial charge on any atom is -0.493 e. The first-order valence-corrected chi connectivity index (χ1v) is 8.62. The van der Waals surface area contributed by atoms with Crippen LogP contribution >= 0.6 is 23.8 Å². The first-order chi connectivity index (χ1) is 12.8. The van der Waals surface area contributed by atoms with Crippen LogP contribution in [0.2, 0.25) is 5.02 Å². The van der Waals surface area contributed by atoms with Crippen molar-refractivity contribution in [2.75, 3.05) is 38.0 Å². The van der Waals surface area contributed by atoms with Gasteiger partial charge in [-0.15, -0.1) is 0 Å². The Balaban J connectivity index is 1.94. The number of nitrogens with zero attached hydrogens (tertiary/aromatic N) is 1. The van der Waals surface area contributed by atoms with E-state index < -0.39 is 5.82 Å². The highest BCUT2D eigenvalue weighted by Gasteiger charge is 2.14. The summed E-state index contributed by atoms with van der Waals surface area (Å²) in [5.41, 5.74) is 1.16. The molecule has 6 nitrogen and oxygen atoms in total. The molecule has 0 aliphatic rings. The fourth-order valence-corrected chi connectivity index (χ4v) is 2.57. The van der Waals surface area contributed by atoms with E-state index in [4.69, 9.17) is 33.3 Å². The molecule has 0 aromatic heterocycles. The van der Waals surface area contributed by atoms with Gasteiger partial charge in [0.1, 0.15) is 5.82 Å². The first-order valence-electron chi connectivity index (χ1n) is 7.84. The van der Waals surface area contributed by atoms with Crippen LogP contribution < -0.4 is 25.0 Å². The van der Waals surface area contributed by atoms with E-state index in [-0.39, 0.29) is 22.6 Å². The van der Waals surface area contributed by atoms with E-state index in [1.807, 2.05) is 0 Å². The van der Waals surface area contributed by atoms with Gasteiger partial charge in [0.05, 0.1) is 25.8 Å². The molecule has 27 heavy (non-hydrogen) atoms. The van der Waals surface area contributed by atoms with Crippen molar-refractivity contribution in [1.29, 1.82) is 0 Å². The number of methoxy groups -OCH3 is 2. The molecule has 0 aliphatic heterocycles. The third-order valence-electron chi connectivity index (χ3n) is 3.71. The summed E-state index contributed by atoms with van der Waals surface area (Å²) in [6.45, 7) is -0.0361. The van der Waals surface area contributed by atoms with Gasteiger partial charge in [-0.2, -0.15) is 0 Å². The van der Waals surface area contributed by atoms with Crippen molar-refractivity contribution in [2.45, 2.75) is 0 Å². The predicted molar refractivity (Wildman–Crippen MR) is 109 cm³/mol. The van der Waals surface area contributed by atoms with Crippen molar-refractivity contribution in [2.24, 2.45) is 0 Å². The fraction of sp³-hybridized carbons (Fsp3) is 0.222. The van der Waals surface area contributed by atoms with Crippen LogP contribution in [0.15, 0.2) is 36.4 Å². The second kappa shape index (κ2) is 9.38. The summed E-state index contributed by atoms with van der Waals surface area (Å²) in [5.74, 6) is 0.355. The number of carbonyl (C=O) groups excluding carboxylic acids is 1. The van der Waals surface area contributed by atoms with Gasteiger partial charge in [-0.25, -0.2) is 4.39 Å². The van der Waals surface area contributed by atoms with E-state index in [0.717, 1.165) is 0 Å². The van der Waals surface area contributed by atoms with Crippen molar-refractivity contribution >= 4 is 46.2 Å². The minimum absolute atomic E-state index is 0.0212. The molecule has 0 heterocycles. The van der Waals surface area contributed by atoms with E-state index in [0.29, 0.717) is 22.9 Å². The molecule has 0 saturated heterocycles. The molecule has 2 N–H and O–H groups in total. The van der Waals surface area contributed by atoms with Gasteiger partial charge in [-0.3, -0.25) is 4.79 Å². The molecule has 2 rings (SSSR count). The molecule has 9 heteroatoms. The molecule has 0 unspecified atom stereocenters. The third kappa shape index (κ3) is 5.45. The van der Waals surface area contributed by atoms with Gasteiger partial charge in [-0.05, 0) is 42.5 Å². The molecular formula is C18H19ClFN3O3S. The number of amides is 1. The minimum atomic E-state index is -0.521. The molecule has 0 fully saturated rings. The van der Waals surface area contributed by atoms with Crippen molar-refractivity contribution < 1.29 is 18.7 Å². The lowest BCUT2D eigenvalue weighted by atomic mass is 10.2. The average molecular weight is 412 g/mol. The Bertz CT molecular complexity index is 851. The van der Waals surface area contributed by atoms with Crippen molar-refractivity contribution in [1.82, 2.24) is 5.32 Å². The number of hydrogen-bond acceptors (Lipinski definition) is 4. The highest BCUT2D eigenvalue weighted by molar-refractivity contribution is 7.80. The standard InChI is InChI=1S/C18H19ClFN3O3S/c1-23(12-5-7-15(25-2)16(9-12)26-3)17(24)10-21-18(27)22-11-4-6-14(20)13(19)8-11/h4-9H,10H2,1-3H3,(H2,21,22,27). The molecule has 0 saturated carbocycles. The van der Waals surface area contributed by atoms with Crippen LogP contribution in [0.1, 0.15) is 0 Å². The summed E-state index contributed by atoms with van der Waals surface area (Å²) in [6, 6.07) is 9.29. The Kier molecular flexibility index (Phi) is 7.20. The topological polar surface area (TPSA) is 62.8 Å². The number of thiocarbonyl (C=S) groups is 1. The number of likely N-dealkylation sites (N-methyl/N-ethyl adjacent to an activating group) is 1. The normalized spacial score (nSPS) is 10.1. The summed E-state index contributed by atoms with van der Waals surface area (Å²) in [6.07, 6.45) is 0. The summed E-state index contributed by atoms with van der Waals surface area (Å²) in [5, 5.41) is 5.84. The van der Waals surface area contributed by atoms with Crippen LogP contribution in [0.3, 0.4) is 0 Å². The van der Waals surface area contributed by atoms with Gasteiger partial charge >= 0.3 is 0 Å². The summed E-state index contributed by atoms with van der Waals surface area (Å²) < 4.78 is 23.6. The maximum atomic E-state index is 13.2. The van der Waals surface area contributed by atoms with Crippen LogP contribution in [-0.4, -0.2) is 38.8 Å². The van der Waals surface area contributed by atoms with E-state index in [1.54, 1.807) is 32.4 Å². The summed E-state index contributed by atoms with van der Waals surface area (Å²) in [4.78, 5) is 13.9. The number of ether oxygens (including phenoxy) is 2.